The number of fused-ring (bicyclic) bond motifs is 1. The monoisotopic (exact) mass is 362 g/mol. The van der Waals surface area contributed by atoms with Gasteiger partial charge < -0.3 is 9.72 Å². The summed E-state index contributed by atoms with van der Waals surface area (Å²) >= 11 is 9.07. The number of hydrogen-bond acceptors (Lipinski definition) is 2. The third-order valence-electron chi connectivity index (χ3n) is 3.39. The summed E-state index contributed by atoms with van der Waals surface area (Å²) in [6.07, 6.45) is 0. The lowest BCUT2D eigenvalue weighted by Crippen LogP contribution is -1.95. The molecule has 0 atom stereocenters. The molecule has 0 aliphatic carbocycles. The standard InChI is InChI=1S/C16H15BrN2OS/c1-3-20-14-6-4-5-13-15(14)18-16(21)19(13)11-8-7-10(2)12(17)9-11/h4-9H,3H2,1-2H3,(H,18,21). The number of aromatic nitrogens is 2. The van der Waals surface area contributed by atoms with Crippen LogP contribution in [0.4, 0.5) is 0 Å². The second-order valence-electron chi connectivity index (χ2n) is 4.78. The number of imidazole rings is 1. The second-order valence-corrected chi connectivity index (χ2v) is 6.02. The summed E-state index contributed by atoms with van der Waals surface area (Å²) in [5.41, 5.74) is 4.17. The molecule has 0 radical (unpaired) electrons. The van der Waals surface area contributed by atoms with E-state index in [0.29, 0.717) is 11.4 Å². The number of nitrogens with one attached hydrogen (secondary N) is 1. The maximum atomic E-state index is 5.67. The number of ether oxygens (including phenoxy) is 1. The van der Waals surface area contributed by atoms with Gasteiger partial charge in [-0.1, -0.05) is 28.1 Å². The Labute approximate surface area is 136 Å². The van der Waals surface area contributed by atoms with Crippen molar-refractivity contribution in [2.24, 2.45) is 0 Å². The molecule has 0 bridgehead atoms. The molecule has 0 aliphatic heterocycles. The first kappa shape index (κ1) is 14.4. The van der Waals surface area contributed by atoms with E-state index in [4.69, 9.17) is 17.0 Å². The third-order valence-corrected chi connectivity index (χ3v) is 4.53. The Hall–Kier alpha value is -1.59. The molecule has 5 heteroatoms. The van der Waals surface area contributed by atoms with Crippen molar-refractivity contribution < 1.29 is 4.74 Å². The van der Waals surface area contributed by atoms with E-state index in [1.54, 1.807) is 0 Å². The summed E-state index contributed by atoms with van der Waals surface area (Å²) in [5.74, 6) is 0.825. The Kier molecular flexibility index (Phi) is 3.87. The Bertz CT molecular complexity index is 866. The average Bonchev–Trinajstić information content (AvgIpc) is 2.80. The first-order valence-electron chi connectivity index (χ1n) is 6.75. The van der Waals surface area contributed by atoms with Gasteiger partial charge >= 0.3 is 0 Å². The fourth-order valence-corrected chi connectivity index (χ4v) is 3.03. The van der Waals surface area contributed by atoms with Gasteiger partial charge in [0.25, 0.3) is 0 Å². The van der Waals surface area contributed by atoms with Crippen LogP contribution in [0.1, 0.15) is 12.5 Å². The Morgan fingerprint density at radius 3 is 2.81 bits per heavy atom. The van der Waals surface area contributed by atoms with E-state index in [9.17, 15) is 0 Å². The minimum absolute atomic E-state index is 0.626. The van der Waals surface area contributed by atoms with Gasteiger partial charge in [-0.25, -0.2) is 0 Å². The van der Waals surface area contributed by atoms with Crippen molar-refractivity contribution in [3.05, 3.63) is 51.2 Å². The molecule has 0 saturated heterocycles. The summed E-state index contributed by atoms with van der Waals surface area (Å²) in [6.45, 7) is 4.66. The van der Waals surface area contributed by atoms with Crippen LogP contribution >= 0.6 is 28.1 Å². The van der Waals surface area contributed by atoms with Crippen LogP contribution in [0.5, 0.6) is 5.75 Å². The molecule has 108 valence electrons. The van der Waals surface area contributed by atoms with E-state index in [2.05, 4.69) is 46.0 Å². The number of aryl methyl sites for hydroxylation is 1. The normalized spacial score (nSPS) is 11.0. The largest absolute Gasteiger partial charge is 0.492 e. The number of hydrogen-bond donors (Lipinski definition) is 1. The van der Waals surface area contributed by atoms with E-state index >= 15 is 0 Å². The molecule has 0 spiro atoms. The van der Waals surface area contributed by atoms with Crippen molar-refractivity contribution in [3.63, 3.8) is 0 Å². The quantitative estimate of drug-likeness (QED) is 0.652. The predicted octanol–water partition coefficient (Wildman–Crippen LogP) is 5.16. The number of H-pyrrole nitrogens is 1. The molecular weight excluding hydrogens is 348 g/mol. The molecule has 2 aromatic carbocycles. The predicted molar refractivity (Wildman–Crippen MR) is 92.1 cm³/mol. The van der Waals surface area contributed by atoms with E-state index in [1.807, 2.05) is 29.7 Å². The minimum atomic E-state index is 0.626. The van der Waals surface area contributed by atoms with Crippen molar-refractivity contribution in [2.45, 2.75) is 13.8 Å². The fourth-order valence-electron chi connectivity index (χ4n) is 2.36. The molecule has 0 saturated carbocycles. The average molecular weight is 363 g/mol. The first-order valence-corrected chi connectivity index (χ1v) is 7.95. The molecule has 0 fully saturated rings. The zero-order valence-electron chi connectivity index (χ0n) is 11.8. The van der Waals surface area contributed by atoms with E-state index in [-0.39, 0.29) is 0 Å². The zero-order valence-corrected chi connectivity index (χ0v) is 14.2. The molecule has 1 aromatic heterocycles. The highest BCUT2D eigenvalue weighted by Crippen LogP contribution is 2.28. The third kappa shape index (κ3) is 2.51. The summed E-state index contributed by atoms with van der Waals surface area (Å²) in [5, 5.41) is 0. The molecule has 3 rings (SSSR count). The van der Waals surface area contributed by atoms with Crippen LogP contribution < -0.4 is 4.74 Å². The van der Waals surface area contributed by atoms with Crippen LogP contribution in [-0.4, -0.2) is 16.2 Å². The number of halogens is 1. The van der Waals surface area contributed by atoms with E-state index < -0.39 is 0 Å². The highest BCUT2D eigenvalue weighted by atomic mass is 79.9. The number of benzene rings is 2. The number of nitrogens with zero attached hydrogens (tertiary/aromatic N) is 1. The molecule has 21 heavy (non-hydrogen) atoms. The maximum absolute atomic E-state index is 5.67. The first-order chi connectivity index (χ1) is 10.1. The van der Waals surface area contributed by atoms with Gasteiger partial charge in [0.05, 0.1) is 12.1 Å². The van der Waals surface area contributed by atoms with Crippen molar-refractivity contribution in [1.82, 2.24) is 9.55 Å². The van der Waals surface area contributed by atoms with Crippen molar-refractivity contribution in [3.8, 4) is 11.4 Å². The minimum Gasteiger partial charge on any atom is -0.492 e. The molecule has 0 unspecified atom stereocenters. The number of rotatable bonds is 3. The molecule has 3 nitrogen and oxygen atoms in total. The van der Waals surface area contributed by atoms with Crippen molar-refractivity contribution in [2.75, 3.05) is 6.61 Å². The molecule has 3 aromatic rings. The van der Waals surface area contributed by atoms with E-state index in [0.717, 1.165) is 26.9 Å². The summed E-state index contributed by atoms with van der Waals surface area (Å²) in [7, 11) is 0. The molecular formula is C16H15BrN2OS. The van der Waals surface area contributed by atoms with Gasteiger partial charge in [0.2, 0.25) is 0 Å². The van der Waals surface area contributed by atoms with E-state index in [1.165, 1.54) is 5.56 Å². The van der Waals surface area contributed by atoms with Crippen molar-refractivity contribution in [1.29, 1.82) is 0 Å². The lowest BCUT2D eigenvalue weighted by molar-refractivity contribution is 0.343. The van der Waals surface area contributed by atoms with Crippen LogP contribution in [0.25, 0.3) is 16.7 Å². The van der Waals surface area contributed by atoms with Crippen LogP contribution in [0.2, 0.25) is 0 Å². The van der Waals surface area contributed by atoms with Gasteiger partial charge in [-0.15, -0.1) is 0 Å². The summed E-state index contributed by atoms with van der Waals surface area (Å²) in [4.78, 5) is 3.25. The summed E-state index contributed by atoms with van der Waals surface area (Å²) in [6, 6.07) is 12.2. The zero-order chi connectivity index (χ0) is 15.0. The van der Waals surface area contributed by atoms with Gasteiger partial charge in [0.15, 0.2) is 4.77 Å². The molecule has 1 heterocycles. The number of para-hydroxylation sites is 1. The van der Waals surface area contributed by atoms with Gasteiger partial charge in [0, 0.05) is 10.2 Å². The Balaban J connectivity index is 2.27. The lowest BCUT2D eigenvalue weighted by atomic mass is 10.2. The van der Waals surface area contributed by atoms with Crippen LogP contribution in [-0.2, 0) is 0 Å². The molecule has 0 amide bonds. The Morgan fingerprint density at radius 2 is 2.10 bits per heavy atom. The number of aromatic amines is 1. The summed E-state index contributed by atoms with van der Waals surface area (Å²) < 4.78 is 9.42. The smallest absolute Gasteiger partial charge is 0.182 e. The van der Waals surface area contributed by atoms with Crippen LogP contribution in [0.15, 0.2) is 40.9 Å². The SMILES string of the molecule is CCOc1cccc2c1[nH]c(=S)n2-c1ccc(C)c(Br)c1. The molecule has 0 aliphatic rings. The highest BCUT2D eigenvalue weighted by Gasteiger charge is 2.11. The maximum Gasteiger partial charge on any atom is 0.182 e. The van der Waals surface area contributed by atoms with Crippen LogP contribution in [0, 0.1) is 11.7 Å². The van der Waals surface area contributed by atoms with Gasteiger partial charge in [0.1, 0.15) is 11.3 Å². The highest BCUT2D eigenvalue weighted by molar-refractivity contribution is 9.10. The van der Waals surface area contributed by atoms with Gasteiger partial charge in [-0.3, -0.25) is 4.57 Å². The van der Waals surface area contributed by atoms with Gasteiger partial charge in [-0.2, -0.15) is 0 Å². The van der Waals surface area contributed by atoms with Gasteiger partial charge in [-0.05, 0) is 55.9 Å². The van der Waals surface area contributed by atoms with Crippen molar-refractivity contribution >= 4 is 39.2 Å². The van der Waals surface area contributed by atoms with Crippen LogP contribution in [0.3, 0.4) is 0 Å². The Morgan fingerprint density at radius 1 is 1.29 bits per heavy atom. The lowest BCUT2D eigenvalue weighted by Gasteiger charge is -2.08. The topological polar surface area (TPSA) is 29.9 Å². The second kappa shape index (κ2) is 5.66. The fraction of sp³-hybridized carbons (Fsp3) is 0.188. The molecule has 1 N–H and O–H groups in total.